The van der Waals surface area contributed by atoms with Gasteiger partial charge in [-0.05, 0) is 30.9 Å². The number of carbonyl (C=O) groups is 1. The van der Waals surface area contributed by atoms with Crippen LogP contribution in [0.2, 0.25) is 0 Å². The van der Waals surface area contributed by atoms with E-state index < -0.39 is 0 Å². The van der Waals surface area contributed by atoms with E-state index >= 15 is 0 Å². The van der Waals surface area contributed by atoms with E-state index in [1.54, 1.807) is 0 Å². The Labute approximate surface area is 84.9 Å². The minimum Gasteiger partial charge on any atom is -0.342 e. The third-order valence-electron chi connectivity index (χ3n) is 3.23. The Bertz CT molecular complexity index is 316. The molecule has 2 nitrogen and oxygen atoms in total. The third-order valence-corrected chi connectivity index (χ3v) is 3.23. The largest absolute Gasteiger partial charge is 0.342 e. The lowest BCUT2D eigenvalue weighted by molar-refractivity contribution is 0.111. The first-order chi connectivity index (χ1) is 6.81. The molecule has 76 valence electrons. The standard InChI is InChI=1S/C12H17NO/c1-10-4-2-5-11(8-10)13-7-3-6-12(13)9-14/h3,6-7,9-11H,2,4-5,8H2,1H3. The zero-order chi connectivity index (χ0) is 9.97. The number of aldehydes is 1. The molecule has 0 radical (unpaired) electrons. The maximum atomic E-state index is 10.8. The first-order valence-electron chi connectivity index (χ1n) is 5.43. The molecule has 2 heteroatoms. The minimum absolute atomic E-state index is 0.550. The summed E-state index contributed by atoms with van der Waals surface area (Å²) in [4.78, 5) is 10.8. The van der Waals surface area contributed by atoms with Gasteiger partial charge in [-0.1, -0.05) is 19.8 Å². The lowest BCUT2D eigenvalue weighted by Crippen LogP contribution is -2.18. The number of carbonyl (C=O) groups excluding carboxylic acids is 1. The SMILES string of the molecule is CC1CCCC(n2cccc2C=O)C1. The topological polar surface area (TPSA) is 22.0 Å². The van der Waals surface area contributed by atoms with Crippen LogP contribution in [-0.4, -0.2) is 10.9 Å². The molecule has 0 spiro atoms. The van der Waals surface area contributed by atoms with Gasteiger partial charge in [0.25, 0.3) is 0 Å². The molecular weight excluding hydrogens is 174 g/mol. The van der Waals surface area contributed by atoms with E-state index in [0.29, 0.717) is 6.04 Å². The van der Waals surface area contributed by atoms with Crippen molar-refractivity contribution in [3.8, 4) is 0 Å². The van der Waals surface area contributed by atoms with Gasteiger partial charge in [-0.25, -0.2) is 0 Å². The van der Waals surface area contributed by atoms with E-state index in [-0.39, 0.29) is 0 Å². The first-order valence-corrected chi connectivity index (χ1v) is 5.43. The zero-order valence-corrected chi connectivity index (χ0v) is 8.65. The van der Waals surface area contributed by atoms with E-state index in [1.807, 2.05) is 18.3 Å². The van der Waals surface area contributed by atoms with Crippen molar-refractivity contribution in [2.75, 3.05) is 0 Å². The molecule has 0 bridgehead atoms. The van der Waals surface area contributed by atoms with Gasteiger partial charge >= 0.3 is 0 Å². The summed E-state index contributed by atoms with van der Waals surface area (Å²) in [5, 5.41) is 0. The fourth-order valence-corrected chi connectivity index (χ4v) is 2.49. The van der Waals surface area contributed by atoms with Crippen molar-refractivity contribution in [1.29, 1.82) is 0 Å². The van der Waals surface area contributed by atoms with Crippen molar-refractivity contribution >= 4 is 6.29 Å². The van der Waals surface area contributed by atoms with Crippen LogP contribution in [0.4, 0.5) is 0 Å². The summed E-state index contributed by atoms with van der Waals surface area (Å²) in [6, 6.07) is 4.41. The van der Waals surface area contributed by atoms with Crippen LogP contribution in [0.1, 0.15) is 49.1 Å². The molecule has 0 aliphatic heterocycles. The summed E-state index contributed by atoms with van der Waals surface area (Å²) >= 11 is 0. The highest BCUT2D eigenvalue weighted by molar-refractivity contribution is 5.72. The number of nitrogens with zero attached hydrogens (tertiary/aromatic N) is 1. The third kappa shape index (κ3) is 1.74. The summed E-state index contributed by atoms with van der Waals surface area (Å²) < 4.78 is 2.14. The summed E-state index contributed by atoms with van der Waals surface area (Å²) in [5.74, 6) is 0.802. The van der Waals surface area contributed by atoms with Gasteiger partial charge in [0.05, 0.1) is 5.69 Å². The molecule has 0 aromatic carbocycles. The van der Waals surface area contributed by atoms with E-state index in [1.165, 1.54) is 25.7 Å². The normalized spacial score (nSPS) is 27.5. The molecule has 14 heavy (non-hydrogen) atoms. The fraction of sp³-hybridized carbons (Fsp3) is 0.583. The second kappa shape index (κ2) is 3.99. The van der Waals surface area contributed by atoms with Crippen LogP contribution < -0.4 is 0 Å². The van der Waals surface area contributed by atoms with Gasteiger partial charge in [-0.15, -0.1) is 0 Å². The molecule has 0 N–H and O–H groups in total. The molecular formula is C12H17NO. The Hall–Kier alpha value is -1.05. The van der Waals surface area contributed by atoms with Crippen LogP contribution in [0.15, 0.2) is 18.3 Å². The lowest BCUT2D eigenvalue weighted by Gasteiger charge is -2.28. The van der Waals surface area contributed by atoms with Crippen molar-refractivity contribution < 1.29 is 4.79 Å². The van der Waals surface area contributed by atoms with Gasteiger partial charge < -0.3 is 4.57 Å². The van der Waals surface area contributed by atoms with Crippen molar-refractivity contribution in [3.63, 3.8) is 0 Å². The predicted octanol–water partition coefficient (Wildman–Crippen LogP) is 3.05. The highest BCUT2D eigenvalue weighted by Gasteiger charge is 2.20. The summed E-state index contributed by atoms with van der Waals surface area (Å²) in [6.07, 6.45) is 8.07. The highest BCUT2D eigenvalue weighted by atomic mass is 16.1. The van der Waals surface area contributed by atoms with E-state index in [2.05, 4.69) is 11.5 Å². The summed E-state index contributed by atoms with van der Waals surface area (Å²) in [7, 11) is 0. The van der Waals surface area contributed by atoms with E-state index in [4.69, 9.17) is 0 Å². The van der Waals surface area contributed by atoms with Gasteiger partial charge in [0.1, 0.15) is 0 Å². The quantitative estimate of drug-likeness (QED) is 0.658. The number of hydrogen-bond acceptors (Lipinski definition) is 1. The molecule has 2 unspecified atom stereocenters. The predicted molar refractivity (Wildman–Crippen MR) is 56.5 cm³/mol. The Morgan fingerprint density at radius 1 is 1.50 bits per heavy atom. The van der Waals surface area contributed by atoms with Crippen LogP contribution in [-0.2, 0) is 0 Å². The summed E-state index contributed by atoms with van der Waals surface area (Å²) in [5.41, 5.74) is 0.823. The molecule has 1 aliphatic carbocycles. The van der Waals surface area contributed by atoms with Crippen molar-refractivity contribution in [3.05, 3.63) is 24.0 Å². The number of aromatic nitrogens is 1. The number of hydrogen-bond donors (Lipinski definition) is 0. The Kier molecular flexibility index (Phi) is 2.71. The van der Waals surface area contributed by atoms with Crippen LogP contribution >= 0.6 is 0 Å². The maximum absolute atomic E-state index is 10.8. The Balaban J connectivity index is 2.17. The molecule has 1 heterocycles. The molecule has 1 saturated carbocycles. The molecule has 1 aromatic heterocycles. The molecule has 1 fully saturated rings. The molecule has 0 amide bonds. The molecule has 1 aliphatic rings. The van der Waals surface area contributed by atoms with Gasteiger partial charge in [0, 0.05) is 12.2 Å². The van der Waals surface area contributed by atoms with Crippen LogP contribution in [0.5, 0.6) is 0 Å². The zero-order valence-electron chi connectivity index (χ0n) is 8.65. The summed E-state index contributed by atoms with van der Waals surface area (Å²) in [6.45, 7) is 2.30. The lowest BCUT2D eigenvalue weighted by atomic mass is 9.87. The number of rotatable bonds is 2. The maximum Gasteiger partial charge on any atom is 0.166 e. The van der Waals surface area contributed by atoms with Gasteiger partial charge in [-0.3, -0.25) is 4.79 Å². The van der Waals surface area contributed by atoms with Crippen molar-refractivity contribution in [1.82, 2.24) is 4.57 Å². The molecule has 0 saturated heterocycles. The molecule has 2 rings (SSSR count). The minimum atomic E-state index is 0.550. The fourth-order valence-electron chi connectivity index (χ4n) is 2.49. The van der Waals surface area contributed by atoms with Gasteiger partial charge in [0.2, 0.25) is 0 Å². The van der Waals surface area contributed by atoms with Crippen molar-refractivity contribution in [2.45, 2.75) is 38.6 Å². The average molecular weight is 191 g/mol. The van der Waals surface area contributed by atoms with Crippen LogP contribution in [0, 0.1) is 5.92 Å². The highest BCUT2D eigenvalue weighted by Crippen LogP contribution is 2.32. The smallest absolute Gasteiger partial charge is 0.166 e. The molecule has 1 aromatic rings. The van der Waals surface area contributed by atoms with Crippen LogP contribution in [0.3, 0.4) is 0 Å². The van der Waals surface area contributed by atoms with Gasteiger partial charge in [0.15, 0.2) is 6.29 Å². The Morgan fingerprint density at radius 2 is 2.36 bits per heavy atom. The second-order valence-corrected chi connectivity index (χ2v) is 4.38. The van der Waals surface area contributed by atoms with Crippen LogP contribution in [0.25, 0.3) is 0 Å². The second-order valence-electron chi connectivity index (χ2n) is 4.38. The average Bonchev–Trinajstić information content (AvgIpc) is 2.65. The van der Waals surface area contributed by atoms with E-state index in [0.717, 1.165) is 17.9 Å². The van der Waals surface area contributed by atoms with Crippen molar-refractivity contribution in [2.24, 2.45) is 5.92 Å². The van der Waals surface area contributed by atoms with Gasteiger partial charge in [-0.2, -0.15) is 0 Å². The monoisotopic (exact) mass is 191 g/mol. The molecule has 2 atom stereocenters. The Morgan fingerprint density at radius 3 is 3.07 bits per heavy atom. The first kappa shape index (κ1) is 9.50. The van der Waals surface area contributed by atoms with E-state index in [9.17, 15) is 4.79 Å².